The summed E-state index contributed by atoms with van der Waals surface area (Å²) in [5, 5.41) is 15.0. The van der Waals surface area contributed by atoms with Crippen LogP contribution in [-0.2, 0) is 39.7 Å². The second kappa shape index (κ2) is 16.4. The number of esters is 1. The molecule has 1 N–H and O–H groups in total. The van der Waals surface area contributed by atoms with Gasteiger partial charge in [-0.25, -0.2) is 9.80 Å². The molecule has 5 heterocycles. The molecule has 4 aliphatic heterocycles. The number of carbonyl (C=O) groups excluding carboxylic acids is 3. The molecule has 3 saturated heterocycles. The summed E-state index contributed by atoms with van der Waals surface area (Å²) < 4.78 is 31.4. The van der Waals surface area contributed by atoms with Crippen molar-refractivity contribution >= 4 is 23.6 Å². The van der Waals surface area contributed by atoms with Gasteiger partial charge in [0, 0.05) is 49.1 Å². The molecule has 1 aromatic rings. The van der Waals surface area contributed by atoms with Crippen LogP contribution in [0.2, 0.25) is 0 Å². The van der Waals surface area contributed by atoms with Crippen LogP contribution in [0.15, 0.2) is 29.4 Å². The number of fused-ring (bicyclic) bond motifs is 1. The highest BCUT2D eigenvalue weighted by atomic mass is 16.7. The predicted octanol–water partition coefficient (Wildman–Crippen LogP) is 3.89. The minimum absolute atomic E-state index is 0.212. The number of amides is 1. The lowest BCUT2D eigenvalue weighted by Gasteiger charge is -2.47. The number of hydrogen-bond donors (Lipinski definition) is 1. The quantitative estimate of drug-likeness (QED) is 0.304. The van der Waals surface area contributed by atoms with Crippen LogP contribution in [0.4, 0.5) is 4.79 Å². The second-order valence-electron chi connectivity index (χ2n) is 16.3. The van der Waals surface area contributed by atoms with E-state index in [1.54, 1.807) is 39.1 Å². The van der Waals surface area contributed by atoms with Gasteiger partial charge in [0.05, 0.1) is 17.8 Å². The molecular weight excluding hydrogens is 682 g/mol. The van der Waals surface area contributed by atoms with Crippen LogP contribution in [0.1, 0.15) is 80.3 Å². The predicted molar refractivity (Wildman–Crippen MR) is 197 cm³/mol. The van der Waals surface area contributed by atoms with Crippen molar-refractivity contribution < 1.29 is 43.2 Å². The molecule has 296 valence electrons. The van der Waals surface area contributed by atoms with Gasteiger partial charge < -0.3 is 33.7 Å². The van der Waals surface area contributed by atoms with Gasteiger partial charge in [0.1, 0.15) is 30.8 Å². The Bertz CT molecular complexity index is 1500. The standard InChI is InChI=1S/C39H61N5O9/c1-22-20-38(7,49-11)34(52-36-32(46)29(42(9)10)19-23(2)50-36)25(4)31(45)26(5)35(47)51-27(6)39(8)33-24(3)30(22)41-21-43(44(33)37(48)53-39)18-14-16-28-15-12-13-17-40-28/h12-13,15,17,22-27,29,32-34,36,46H,14,16,18-21H2,1-11H3/t22-,23-,24-,25+,26?,27+,29+,32-,33-,34-,36+,38+,39-/m1/s1. The molecule has 4 aliphatic rings. The molecule has 14 nitrogen and oxygen atoms in total. The number of aryl methyl sites for hydroxylation is 1. The van der Waals surface area contributed by atoms with E-state index in [9.17, 15) is 19.5 Å². The number of ether oxygens (including phenoxy) is 5. The molecule has 5 rings (SSSR count). The first-order valence-corrected chi connectivity index (χ1v) is 19.1. The lowest BCUT2D eigenvalue weighted by molar-refractivity contribution is -0.295. The van der Waals surface area contributed by atoms with Gasteiger partial charge in [-0.1, -0.05) is 26.8 Å². The van der Waals surface area contributed by atoms with Crippen molar-refractivity contribution in [3.63, 3.8) is 0 Å². The van der Waals surface area contributed by atoms with Crippen molar-refractivity contribution in [1.29, 1.82) is 0 Å². The van der Waals surface area contributed by atoms with Crippen molar-refractivity contribution in [2.45, 2.75) is 135 Å². The molecule has 53 heavy (non-hydrogen) atoms. The maximum absolute atomic E-state index is 14.3. The molecule has 0 aromatic carbocycles. The number of carbonyl (C=O) groups is 3. The number of pyridine rings is 1. The van der Waals surface area contributed by atoms with Gasteiger partial charge in [-0.05, 0) is 92.4 Å². The minimum Gasteiger partial charge on any atom is -0.458 e. The van der Waals surface area contributed by atoms with Gasteiger partial charge in [-0.15, -0.1) is 0 Å². The van der Waals surface area contributed by atoms with E-state index in [4.69, 9.17) is 28.7 Å². The first-order valence-electron chi connectivity index (χ1n) is 19.1. The number of methoxy groups -OCH3 is 1. The first-order chi connectivity index (χ1) is 24.9. The van der Waals surface area contributed by atoms with Crippen LogP contribution in [0, 0.1) is 23.7 Å². The molecule has 1 unspecified atom stereocenters. The third kappa shape index (κ3) is 8.18. The Morgan fingerprint density at radius 1 is 1.06 bits per heavy atom. The van der Waals surface area contributed by atoms with Crippen LogP contribution in [0.5, 0.6) is 0 Å². The van der Waals surface area contributed by atoms with Crippen molar-refractivity contribution in [3.8, 4) is 0 Å². The highest BCUT2D eigenvalue weighted by Crippen LogP contribution is 2.44. The zero-order chi connectivity index (χ0) is 39.0. The van der Waals surface area contributed by atoms with E-state index in [-0.39, 0.29) is 30.7 Å². The zero-order valence-electron chi connectivity index (χ0n) is 33.4. The number of Topliss-reactive ketones (excluding diaryl/α,β-unsaturated/α-hetero) is 1. The number of hydrazine groups is 1. The number of rotatable bonds is 8. The minimum atomic E-state index is -1.26. The number of ketones is 1. The van der Waals surface area contributed by atoms with Gasteiger partial charge in [0.2, 0.25) is 0 Å². The highest BCUT2D eigenvalue weighted by molar-refractivity contribution is 6.00. The summed E-state index contributed by atoms with van der Waals surface area (Å²) >= 11 is 0. The third-order valence-corrected chi connectivity index (χ3v) is 12.2. The second-order valence-corrected chi connectivity index (χ2v) is 16.3. The number of likely N-dealkylation sites (N-methyl/N-ethyl adjacent to an activating group) is 1. The number of hydrogen-bond acceptors (Lipinski definition) is 13. The Morgan fingerprint density at radius 2 is 1.77 bits per heavy atom. The molecular formula is C39H61N5O9. The van der Waals surface area contributed by atoms with Crippen LogP contribution in [-0.4, -0.2) is 137 Å². The Morgan fingerprint density at radius 3 is 2.42 bits per heavy atom. The van der Waals surface area contributed by atoms with Gasteiger partial charge in [-0.2, -0.15) is 5.01 Å². The third-order valence-electron chi connectivity index (χ3n) is 12.2. The normalized spacial score (nSPS) is 40.3. The molecule has 0 saturated carbocycles. The highest BCUT2D eigenvalue weighted by Gasteiger charge is 2.61. The van der Waals surface area contributed by atoms with Crippen LogP contribution >= 0.6 is 0 Å². The summed E-state index contributed by atoms with van der Waals surface area (Å²) in [4.78, 5) is 53.5. The number of aliphatic imine (C=N–C) groups is 1. The largest absolute Gasteiger partial charge is 0.458 e. The van der Waals surface area contributed by atoms with Crippen LogP contribution < -0.4 is 0 Å². The van der Waals surface area contributed by atoms with E-state index in [2.05, 4.69) is 11.9 Å². The number of aliphatic hydroxyl groups is 1. The summed E-state index contributed by atoms with van der Waals surface area (Å²) in [5.74, 6) is -3.72. The zero-order valence-corrected chi connectivity index (χ0v) is 33.4. The van der Waals surface area contributed by atoms with Gasteiger partial charge in [0.15, 0.2) is 17.7 Å². The summed E-state index contributed by atoms with van der Waals surface area (Å²) in [5.41, 5.74) is -0.582. The summed E-state index contributed by atoms with van der Waals surface area (Å²) in [6.45, 7) is 15.4. The lowest BCUT2D eigenvalue weighted by Crippen LogP contribution is -2.60. The fourth-order valence-corrected chi connectivity index (χ4v) is 8.95. The van der Waals surface area contributed by atoms with Crippen molar-refractivity contribution in [1.82, 2.24) is 19.9 Å². The monoisotopic (exact) mass is 743 g/mol. The number of nitrogens with zero attached hydrogens (tertiary/aromatic N) is 5. The van der Waals surface area contributed by atoms with Crippen LogP contribution in [0.3, 0.4) is 0 Å². The fraction of sp³-hybridized carbons (Fsp3) is 0.769. The molecule has 3 fully saturated rings. The fourth-order valence-electron chi connectivity index (χ4n) is 8.95. The van der Waals surface area contributed by atoms with Crippen LogP contribution in [0.25, 0.3) is 0 Å². The average molecular weight is 744 g/mol. The maximum Gasteiger partial charge on any atom is 0.425 e. The SMILES string of the molecule is CO[C@@]1(C)C[C@@H](C)C2=NCN(CCCc3ccccn3)N3C(=O)O[C@](C)([C@H](C)OC(=O)C(C)C(=O)[C@H](C)[C@H]1O[C@@H]1O[C@H](C)C[C@H](N(C)C)[C@H]1O)[C@H]3[C@@H]2C. The van der Waals surface area contributed by atoms with E-state index < -0.39 is 71.5 Å². The van der Waals surface area contributed by atoms with Crippen molar-refractivity contribution in [2.24, 2.45) is 28.7 Å². The number of aromatic nitrogens is 1. The van der Waals surface area contributed by atoms with E-state index >= 15 is 0 Å². The molecule has 13 atom stereocenters. The topological polar surface area (TPSA) is 153 Å². The molecule has 1 aromatic heterocycles. The maximum atomic E-state index is 14.3. The van der Waals surface area contributed by atoms with E-state index in [0.29, 0.717) is 32.2 Å². The van der Waals surface area contributed by atoms with Gasteiger partial charge >= 0.3 is 12.1 Å². The Hall–Kier alpha value is -3.01. The summed E-state index contributed by atoms with van der Waals surface area (Å²) in [6, 6.07) is 5.00. The van der Waals surface area contributed by atoms with E-state index in [1.807, 2.05) is 63.0 Å². The number of aliphatic hydroxyl groups excluding tert-OH is 1. The first kappa shape index (κ1) is 41.2. The van der Waals surface area contributed by atoms with Crippen molar-refractivity contribution in [2.75, 3.05) is 34.4 Å². The molecule has 14 heteroatoms. The smallest absolute Gasteiger partial charge is 0.425 e. The molecule has 0 aliphatic carbocycles. The van der Waals surface area contributed by atoms with Crippen molar-refractivity contribution in [3.05, 3.63) is 30.1 Å². The average Bonchev–Trinajstić information content (AvgIpc) is 3.29. The Labute approximate surface area is 314 Å². The molecule has 1 amide bonds. The molecule has 0 spiro atoms. The Kier molecular flexibility index (Phi) is 12.7. The van der Waals surface area contributed by atoms with E-state index in [0.717, 1.165) is 11.4 Å². The Balaban J connectivity index is 1.55. The lowest BCUT2D eigenvalue weighted by atomic mass is 9.73. The summed E-state index contributed by atoms with van der Waals surface area (Å²) in [7, 11) is 5.38. The van der Waals surface area contributed by atoms with Gasteiger partial charge in [0.25, 0.3) is 0 Å². The molecule has 0 radical (unpaired) electrons. The number of cyclic esters (lactones) is 1. The molecule has 2 bridgehead atoms. The van der Waals surface area contributed by atoms with E-state index in [1.165, 1.54) is 6.92 Å². The summed E-state index contributed by atoms with van der Waals surface area (Å²) in [6.07, 6.45) is -0.482. The van der Waals surface area contributed by atoms with Gasteiger partial charge in [-0.3, -0.25) is 19.6 Å².